The Bertz CT molecular complexity index is 442. The van der Waals surface area contributed by atoms with Crippen LogP contribution in [0.2, 0.25) is 0 Å². The standard InChI is InChI=1S/C10H13FN2/c1-6-12-7-4-9(11)10(2,3)5-8(7)13-6/h4-5,9H,1-3H3,(H,12,13). The first-order valence-corrected chi connectivity index (χ1v) is 4.40. The molecular weight excluding hydrogens is 167 g/mol. The third kappa shape index (κ3) is 1.28. The summed E-state index contributed by atoms with van der Waals surface area (Å²) in [6.45, 7) is 5.64. The first-order chi connectivity index (χ1) is 5.99. The molecule has 2 rings (SSSR count). The van der Waals surface area contributed by atoms with Crippen LogP contribution in [0.5, 0.6) is 0 Å². The molecule has 0 fully saturated rings. The lowest BCUT2D eigenvalue weighted by molar-refractivity contribution is 0.271. The zero-order valence-electron chi connectivity index (χ0n) is 8.06. The van der Waals surface area contributed by atoms with Crippen molar-refractivity contribution >= 4 is 12.2 Å². The van der Waals surface area contributed by atoms with Crippen molar-refractivity contribution in [1.82, 2.24) is 9.97 Å². The normalized spacial score (nSPS) is 24.5. The smallest absolute Gasteiger partial charge is 0.129 e. The third-order valence-corrected chi connectivity index (χ3v) is 2.41. The molecule has 1 aliphatic rings. The Morgan fingerprint density at radius 2 is 2.23 bits per heavy atom. The quantitative estimate of drug-likeness (QED) is 0.624. The summed E-state index contributed by atoms with van der Waals surface area (Å²) in [6, 6.07) is 0. The summed E-state index contributed by atoms with van der Waals surface area (Å²) >= 11 is 0. The molecule has 0 bridgehead atoms. The maximum atomic E-state index is 13.5. The number of alkyl halides is 1. The Balaban J connectivity index is 2.72. The maximum Gasteiger partial charge on any atom is 0.129 e. The lowest BCUT2D eigenvalue weighted by Gasteiger charge is -2.23. The van der Waals surface area contributed by atoms with Crippen molar-refractivity contribution in [3.05, 3.63) is 16.5 Å². The van der Waals surface area contributed by atoms with Crippen LogP contribution in [0.15, 0.2) is 0 Å². The highest BCUT2D eigenvalue weighted by atomic mass is 19.1. The Kier molecular flexibility index (Phi) is 1.59. The van der Waals surface area contributed by atoms with Gasteiger partial charge in [-0.3, -0.25) is 0 Å². The van der Waals surface area contributed by atoms with E-state index in [0.29, 0.717) is 0 Å². The highest BCUT2D eigenvalue weighted by molar-refractivity contribution is 5.44. The van der Waals surface area contributed by atoms with Gasteiger partial charge in [-0.15, -0.1) is 0 Å². The van der Waals surface area contributed by atoms with Crippen LogP contribution in [0, 0.1) is 12.3 Å². The zero-order valence-corrected chi connectivity index (χ0v) is 8.06. The van der Waals surface area contributed by atoms with E-state index in [9.17, 15) is 4.39 Å². The van der Waals surface area contributed by atoms with Crippen LogP contribution in [-0.4, -0.2) is 16.1 Å². The predicted octanol–water partition coefficient (Wildman–Crippen LogP) is 0.657. The van der Waals surface area contributed by atoms with E-state index in [1.165, 1.54) is 0 Å². The molecule has 1 aromatic rings. The number of nitrogens with one attached hydrogen (secondary N) is 1. The molecule has 0 aromatic carbocycles. The van der Waals surface area contributed by atoms with Gasteiger partial charge < -0.3 is 4.98 Å². The largest absolute Gasteiger partial charge is 0.342 e. The van der Waals surface area contributed by atoms with Crippen LogP contribution in [-0.2, 0) is 0 Å². The van der Waals surface area contributed by atoms with Crippen molar-refractivity contribution < 1.29 is 4.39 Å². The molecule has 0 aliphatic heterocycles. The summed E-state index contributed by atoms with van der Waals surface area (Å²) < 4.78 is 13.5. The molecule has 0 saturated carbocycles. The van der Waals surface area contributed by atoms with Crippen LogP contribution < -0.4 is 10.7 Å². The molecule has 70 valence electrons. The van der Waals surface area contributed by atoms with Crippen LogP contribution in [0.1, 0.15) is 19.7 Å². The second kappa shape index (κ2) is 2.44. The van der Waals surface area contributed by atoms with Gasteiger partial charge in [-0.05, 0) is 19.1 Å². The number of hydrogen-bond donors (Lipinski definition) is 1. The lowest BCUT2D eigenvalue weighted by Crippen LogP contribution is -2.38. The fraction of sp³-hybridized carbons (Fsp3) is 0.500. The van der Waals surface area contributed by atoms with Crippen molar-refractivity contribution in [3.63, 3.8) is 0 Å². The SMILES string of the molecule is Cc1nc2c([nH]1)=CC(C)(C)C(F)C=2. The summed E-state index contributed by atoms with van der Waals surface area (Å²) in [5.41, 5.74) is -0.425. The molecule has 0 spiro atoms. The van der Waals surface area contributed by atoms with Gasteiger partial charge in [0.05, 0.1) is 10.7 Å². The Labute approximate surface area is 76.2 Å². The molecule has 13 heavy (non-hydrogen) atoms. The summed E-state index contributed by atoms with van der Waals surface area (Å²) in [5, 5.41) is 1.68. The van der Waals surface area contributed by atoms with Crippen LogP contribution in [0.4, 0.5) is 4.39 Å². The van der Waals surface area contributed by atoms with Gasteiger partial charge in [0.25, 0.3) is 0 Å². The maximum absolute atomic E-state index is 13.5. The zero-order chi connectivity index (χ0) is 9.64. The molecule has 0 saturated heterocycles. The predicted molar refractivity (Wildman–Crippen MR) is 50.2 cm³/mol. The van der Waals surface area contributed by atoms with Gasteiger partial charge in [0.2, 0.25) is 0 Å². The minimum absolute atomic E-state index is 0.425. The Morgan fingerprint density at radius 1 is 1.54 bits per heavy atom. The van der Waals surface area contributed by atoms with E-state index < -0.39 is 11.6 Å². The first kappa shape index (κ1) is 8.48. The van der Waals surface area contributed by atoms with E-state index in [1.807, 2.05) is 26.8 Å². The summed E-state index contributed by atoms with van der Waals surface area (Å²) in [7, 11) is 0. The molecule has 1 N–H and O–H groups in total. The molecule has 0 radical (unpaired) electrons. The lowest BCUT2D eigenvalue weighted by atomic mass is 9.85. The fourth-order valence-electron chi connectivity index (χ4n) is 1.57. The van der Waals surface area contributed by atoms with Crippen molar-refractivity contribution in [2.24, 2.45) is 5.41 Å². The number of aromatic amines is 1. The van der Waals surface area contributed by atoms with Crippen LogP contribution in [0.3, 0.4) is 0 Å². The topological polar surface area (TPSA) is 28.7 Å². The molecule has 1 aromatic heterocycles. The average molecular weight is 180 g/mol. The van der Waals surface area contributed by atoms with Crippen molar-refractivity contribution in [1.29, 1.82) is 0 Å². The van der Waals surface area contributed by atoms with Gasteiger partial charge in [0.15, 0.2) is 0 Å². The molecule has 0 amide bonds. The van der Waals surface area contributed by atoms with E-state index >= 15 is 0 Å². The molecule has 1 aliphatic carbocycles. The third-order valence-electron chi connectivity index (χ3n) is 2.41. The minimum atomic E-state index is -0.942. The van der Waals surface area contributed by atoms with Gasteiger partial charge in [0, 0.05) is 5.41 Å². The number of rotatable bonds is 0. The summed E-state index contributed by atoms with van der Waals surface area (Å²) in [6.07, 6.45) is 2.55. The van der Waals surface area contributed by atoms with Crippen molar-refractivity contribution in [3.8, 4) is 0 Å². The Morgan fingerprint density at radius 3 is 2.92 bits per heavy atom. The summed E-state index contributed by atoms with van der Waals surface area (Å²) in [5.74, 6) is 0.836. The minimum Gasteiger partial charge on any atom is -0.342 e. The van der Waals surface area contributed by atoms with E-state index in [4.69, 9.17) is 0 Å². The van der Waals surface area contributed by atoms with Gasteiger partial charge in [-0.2, -0.15) is 0 Å². The highest BCUT2D eigenvalue weighted by Crippen LogP contribution is 2.27. The molecule has 3 heteroatoms. The number of H-pyrrole nitrogens is 1. The highest BCUT2D eigenvalue weighted by Gasteiger charge is 2.28. The van der Waals surface area contributed by atoms with Crippen molar-refractivity contribution in [2.75, 3.05) is 0 Å². The van der Waals surface area contributed by atoms with E-state index in [2.05, 4.69) is 9.97 Å². The van der Waals surface area contributed by atoms with Crippen LogP contribution in [0.25, 0.3) is 12.2 Å². The molecule has 1 atom stereocenters. The van der Waals surface area contributed by atoms with Crippen molar-refractivity contribution in [2.45, 2.75) is 26.9 Å². The Hall–Kier alpha value is -1.12. The van der Waals surface area contributed by atoms with E-state index in [0.717, 1.165) is 16.5 Å². The van der Waals surface area contributed by atoms with E-state index in [1.54, 1.807) is 6.08 Å². The van der Waals surface area contributed by atoms with E-state index in [-0.39, 0.29) is 0 Å². The second-order valence-corrected chi connectivity index (χ2v) is 4.16. The number of aromatic nitrogens is 2. The number of hydrogen-bond acceptors (Lipinski definition) is 1. The van der Waals surface area contributed by atoms with Gasteiger partial charge in [-0.1, -0.05) is 13.8 Å². The van der Waals surface area contributed by atoms with Gasteiger partial charge >= 0.3 is 0 Å². The second-order valence-electron chi connectivity index (χ2n) is 4.16. The van der Waals surface area contributed by atoms with Crippen LogP contribution >= 0.6 is 0 Å². The first-order valence-electron chi connectivity index (χ1n) is 4.40. The number of halogens is 1. The van der Waals surface area contributed by atoms with Gasteiger partial charge in [0.1, 0.15) is 12.0 Å². The molecular formula is C10H13FN2. The number of imidazole rings is 1. The molecule has 1 heterocycles. The van der Waals surface area contributed by atoms with Gasteiger partial charge in [-0.25, -0.2) is 9.37 Å². The molecule has 2 nitrogen and oxygen atoms in total. The number of aryl methyl sites for hydroxylation is 1. The fourth-order valence-corrected chi connectivity index (χ4v) is 1.57. The monoisotopic (exact) mass is 180 g/mol. The number of fused-ring (bicyclic) bond motifs is 1. The number of nitrogens with zero attached hydrogens (tertiary/aromatic N) is 1. The average Bonchev–Trinajstić information content (AvgIpc) is 2.29. The summed E-state index contributed by atoms with van der Waals surface area (Å²) in [4.78, 5) is 7.29. The molecule has 1 unspecified atom stereocenters.